The van der Waals surface area contributed by atoms with Gasteiger partial charge in [0.2, 0.25) is 0 Å². The summed E-state index contributed by atoms with van der Waals surface area (Å²) in [4.78, 5) is 11.0. The molecule has 0 aliphatic carbocycles. The SMILES string of the molecule is CCCCCC(O)C#CC(CCCCC)OC(C)=O. The summed E-state index contributed by atoms with van der Waals surface area (Å²) in [6, 6.07) is 0. The van der Waals surface area contributed by atoms with E-state index in [1.54, 1.807) is 0 Å². The van der Waals surface area contributed by atoms with Crippen LogP contribution in [-0.4, -0.2) is 23.3 Å². The van der Waals surface area contributed by atoms with Gasteiger partial charge in [-0.2, -0.15) is 0 Å². The normalized spacial score (nSPS) is 13.3. The standard InChI is InChI=1S/C16H28O3/c1-4-6-8-10-15(18)12-13-16(19-14(3)17)11-9-7-5-2/h15-16,18H,4-11H2,1-3H3. The smallest absolute Gasteiger partial charge is 0.303 e. The molecular weight excluding hydrogens is 240 g/mol. The molecule has 0 aromatic heterocycles. The van der Waals surface area contributed by atoms with E-state index in [4.69, 9.17) is 4.74 Å². The second kappa shape index (κ2) is 12.0. The number of hydrogen-bond donors (Lipinski definition) is 1. The predicted molar refractivity (Wildman–Crippen MR) is 77.6 cm³/mol. The molecule has 110 valence electrons. The molecular formula is C16H28O3. The quantitative estimate of drug-likeness (QED) is 0.396. The van der Waals surface area contributed by atoms with Crippen LogP contribution in [0.2, 0.25) is 0 Å². The van der Waals surface area contributed by atoms with Gasteiger partial charge < -0.3 is 9.84 Å². The highest BCUT2D eigenvalue weighted by Gasteiger charge is 2.08. The van der Waals surface area contributed by atoms with Gasteiger partial charge in [0.1, 0.15) is 6.10 Å². The lowest BCUT2D eigenvalue weighted by Crippen LogP contribution is -2.15. The van der Waals surface area contributed by atoms with Crippen molar-refractivity contribution in [1.82, 2.24) is 0 Å². The molecule has 3 heteroatoms. The van der Waals surface area contributed by atoms with E-state index in [9.17, 15) is 9.90 Å². The third-order valence-corrected chi connectivity index (χ3v) is 2.87. The number of esters is 1. The van der Waals surface area contributed by atoms with E-state index in [-0.39, 0.29) is 12.1 Å². The fourth-order valence-corrected chi connectivity index (χ4v) is 1.79. The molecule has 0 aromatic rings. The van der Waals surface area contributed by atoms with Crippen molar-refractivity contribution in [2.45, 2.75) is 84.3 Å². The Labute approximate surface area is 117 Å². The summed E-state index contributed by atoms with van der Waals surface area (Å²) < 4.78 is 5.15. The van der Waals surface area contributed by atoms with Gasteiger partial charge in [0.15, 0.2) is 6.10 Å². The maximum atomic E-state index is 11.0. The number of rotatable bonds is 9. The van der Waals surface area contributed by atoms with Crippen molar-refractivity contribution in [3.05, 3.63) is 0 Å². The van der Waals surface area contributed by atoms with Crippen LogP contribution in [0.15, 0.2) is 0 Å². The lowest BCUT2D eigenvalue weighted by Gasteiger charge is -2.11. The van der Waals surface area contributed by atoms with Crippen molar-refractivity contribution in [2.24, 2.45) is 0 Å². The summed E-state index contributed by atoms with van der Waals surface area (Å²) in [5, 5.41) is 9.72. The van der Waals surface area contributed by atoms with Crippen molar-refractivity contribution in [3.8, 4) is 11.8 Å². The molecule has 3 nitrogen and oxygen atoms in total. The molecule has 0 aromatic carbocycles. The zero-order chi connectivity index (χ0) is 14.5. The summed E-state index contributed by atoms with van der Waals surface area (Å²) in [6.07, 6.45) is 6.94. The molecule has 0 rings (SSSR count). The molecule has 0 radical (unpaired) electrons. The first-order chi connectivity index (χ1) is 9.10. The van der Waals surface area contributed by atoms with E-state index in [1.165, 1.54) is 6.92 Å². The van der Waals surface area contributed by atoms with Gasteiger partial charge in [-0.15, -0.1) is 0 Å². The second-order valence-corrected chi connectivity index (χ2v) is 4.89. The molecule has 0 saturated heterocycles. The van der Waals surface area contributed by atoms with E-state index in [0.717, 1.165) is 44.9 Å². The third-order valence-electron chi connectivity index (χ3n) is 2.87. The molecule has 0 aliphatic heterocycles. The first kappa shape index (κ1) is 18.0. The first-order valence-corrected chi connectivity index (χ1v) is 7.46. The third kappa shape index (κ3) is 11.8. The predicted octanol–water partition coefficient (Wildman–Crippen LogP) is 3.44. The number of aliphatic hydroxyl groups is 1. The number of hydrogen-bond acceptors (Lipinski definition) is 3. The summed E-state index contributed by atoms with van der Waals surface area (Å²) >= 11 is 0. The molecule has 0 amide bonds. The van der Waals surface area contributed by atoms with Crippen LogP contribution in [-0.2, 0) is 9.53 Å². The zero-order valence-corrected chi connectivity index (χ0v) is 12.6. The number of carbonyl (C=O) groups is 1. The number of aliphatic hydroxyl groups excluding tert-OH is 1. The largest absolute Gasteiger partial charge is 0.449 e. The molecule has 2 unspecified atom stereocenters. The Balaban J connectivity index is 4.16. The van der Waals surface area contributed by atoms with Crippen LogP contribution in [0.25, 0.3) is 0 Å². The topological polar surface area (TPSA) is 46.5 Å². The van der Waals surface area contributed by atoms with E-state index in [0.29, 0.717) is 6.42 Å². The molecule has 0 bridgehead atoms. The molecule has 2 atom stereocenters. The lowest BCUT2D eigenvalue weighted by molar-refractivity contribution is -0.144. The molecule has 19 heavy (non-hydrogen) atoms. The first-order valence-electron chi connectivity index (χ1n) is 7.46. The minimum absolute atomic E-state index is 0.309. The van der Waals surface area contributed by atoms with Crippen LogP contribution >= 0.6 is 0 Å². The van der Waals surface area contributed by atoms with Gasteiger partial charge in [0.25, 0.3) is 0 Å². The van der Waals surface area contributed by atoms with E-state index in [1.807, 2.05) is 0 Å². The average Bonchev–Trinajstić information content (AvgIpc) is 2.36. The van der Waals surface area contributed by atoms with Crippen LogP contribution in [0.1, 0.15) is 72.1 Å². The van der Waals surface area contributed by atoms with Gasteiger partial charge in [0, 0.05) is 6.92 Å². The van der Waals surface area contributed by atoms with E-state index < -0.39 is 6.10 Å². The Bertz CT molecular complexity index is 288. The minimum atomic E-state index is -0.601. The highest BCUT2D eigenvalue weighted by molar-refractivity contribution is 5.66. The Kier molecular flexibility index (Phi) is 11.4. The van der Waals surface area contributed by atoms with Crippen molar-refractivity contribution in [1.29, 1.82) is 0 Å². The fourth-order valence-electron chi connectivity index (χ4n) is 1.79. The van der Waals surface area contributed by atoms with Crippen LogP contribution < -0.4 is 0 Å². The molecule has 0 aliphatic rings. The van der Waals surface area contributed by atoms with Gasteiger partial charge in [-0.25, -0.2) is 0 Å². The number of ether oxygens (including phenoxy) is 1. The van der Waals surface area contributed by atoms with Crippen molar-refractivity contribution < 1.29 is 14.6 Å². The van der Waals surface area contributed by atoms with E-state index >= 15 is 0 Å². The molecule has 0 saturated carbocycles. The van der Waals surface area contributed by atoms with Gasteiger partial charge in [-0.1, -0.05) is 51.4 Å². The maximum Gasteiger partial charge on any atom is 0.303 e. The maximum absolute atomic E-state index is 11.0. The molecule has 0 heterocycles. The van der Waals surface area contributed by atoms with Crippen LogP contribution in [0.4, 0.5) is 0 Å². The Morgan fingerprint density at radius 1 is 1.05 bits per heavy atom. The number of carbonyl (C=O) groups excluding carboxylic acids is 1. The number of unbranched alkanes of at least 4 members (excludes halogenated alkanes) is 4. The summed E-state index contributed by atoms with van der Waals surface area (Å²) in [7, 11) is 0. The fraction of sp³-hybridized carbons (Fsp3) is 0.812. The van der Waals surface area contributed by atoms with Gasteiger partial charge >= 0.3 is 5.97 Å². The van der Waals surface area contributed by atoms with Gasteiger partial charge in [-0.3, -0.25) is 4.79 Å². The molecule has 0 spiro atoms. The minimum Gasteiger partial charge on any atom is -0.449 e. The Morgan fingerprint density at radius 2 is 1.63 bits per heavy atom. The van der Waals surface area contributed by atoms with Crippen LogP contribution in [0.3, 0.4) is 0 Å². The van der Waals surface area contributed by atoms with E-state index in [2.05, 4.69) is 25.7 Å². The molecule has 0 fully saturated rings. The van der Waals surface area contributed by atoms with Crippen LogP contribution in [0, 0.1) is 11.8 Å². The zero-order valence-electron chi connectivity index (χ0n) is 12.6. The van der Waals surface area contributed by atoms with Gasteiger partial charge in [-0.05, 0) is 25.7 Å². The second-order valence-electron chi connectivity index (χ2n) is 4.89. The highest BCUT2D eigenvalue weighted by Crippen LogP contribution is 2.07. The average molecular weight is 268 g/mol. The Morgan fingerprint density at radius 3 is 2.16 bits per heavy atom. The Hall–Kier alpha value is -1.01. The van der Waals surface area contributed by atoms with Gasteiger partial charge in [0.05, 0.1) is 0 Å². The summed E-state index contributed by atoms with van der Waals surface area (Å²) in [5.41, 5.74) is 0. The van der Waals surface area contributed by atoms with Crippen molar-refractivity contribution >= 4 is 5.97 Å². The van der Waals surface area contributed by atoms with Crippen molar-refractivity contribution in [3.63, 3.8) is 0 Å². The summed E-state index contributed by atoms with van der Waals surface area (Å²) in [5.74, 6) is 5.39. The van der Waals surface area contributed by atoms with Crippen molar-refractivity contribution in [2.75, 3.05) is 0 Å². The van der Waals surface area contributed by atoms with Crippen LogP contribution in [0.5, 0.6) is 0 Å². The summed E-state index contributed by atoms with van der Waals surface area (Å²) in [6.45, 7) is 5.65. The highest BCUT2D eigenvalue weighted by atomic mass is 16.5. The lowest BCUT2D eigenvalue weighted by atomic mass is 10.1. The monoisotopic (exact) mass is 268 g/mol. The molecule has 1 N–H and O–H groups in total.